The normalized spacial score (nSPS) is 20.6. The van der Waals surface area contributed by atoms with Crippen LogP contribution in [-0.4, -0.2) is 43.6 Å². The Morgan fingerprint density at radius 3 is 2.06 bits per heavy atom. The fourth-order valence-electron chi connectivity index (χ4n) is 5.25. The Bertz CT molecular complexity index is 966. The molecular formula is C22H28KN3O4S. The van der Waals surface area contributed by atoms with Gasteiger partial charge in [-0.1, -0.05) is 6.07 Å². The largest absolute Gasteiger partial charge is 1.00 e. The zero-order chi connectivity index (χ0) is 20.9. The van der Waals surface area contributed by atoms with Gasteiger partial charge in [0.05, 0.1) is 5.25 Å². The molecule has 1 N–H and O–H groups in total. The first-order chi connectivity index (χ1) is 14.4. The smallest absolute Gasteiger partial charge is 0.423 e. The van der Waals surface area contributed by atoms with E-state index in [0.29, 0.717) is 25.9 Å². The number of carbonyl (C=O) groups excluding carboxylic acids is 2. The Morgan fingerprint density at radius 2 is 1.52 bits per heavy atom. The van der Waals surface area contributed by atoms with Gasteiger partial charge in [0, 0.05) is 19.0 Å². The predicted molar refractivity (Wildman–Crippen MR) is 114 cm³/mol. The summed E-state index contributed by atoms with van der Waals surface area (Å²) in [7, 11) is -3.91. The maximum Gasteiger partial charge on any atom is 1.00 e. The summed E-state index contributed by atoms with van der Waals surface area (Å²) in [5, 5.41) is 2.14. The van der Waals surface area contributed by atoms with E-state index in [-0.39, 0.29) is 63.2 Å². The third-order valence-corrected chi connectivity index (χ3v) is 8.75. The second-order valence-corrected chi connectivity index (χ2v) is 10.9. The second-order valence-electron chi connectivity index (χ2n) is 9.07. The molecule has 0 radical (unpaired) electrons. The SMILES string of the molecule is O=C([N-]S(=O)(=O)C1CCN(C(=O)C2CC2)CC1)Nc1c2c(cc3c1CCC3)CCC2.[K+]. The van der Waals surface area contributed by atoms with Gasteiger partial charge in [0.15, 0.2) is 16.1 Å². The number of nitrogens with zero attached hydrogens (tertiary/aromatic N) is 2. The van der Waals surface area contributed by atoms with Crippen molar-refractivity contribution in [2.75, 3.05) is 18.4 Å². The molecule has 0 aromatic heterocycles. The molecule has 1 saturated carbocycles. The molecule has 1 aromatic carbocycles. The first kappa shape index (κ1) is 23.7. The Balaban J connectivity index is 0.00000231. The molecule has 0 unspecified atom stereocenters. The number of sulfonamides is 1. The minimum Gasteiger partial charge on any atom is -0.423 e. The number of nitrogens with one attached hydrogen (secondary N) is 1. The van der Waals surface area contributed by atoms with Gasteiger partial charge in [-0.15, -0.1) is 0 Å². The van der Waals surface area contributed by atoms with Crippen LogP contribution in [0.1, 0.15) is 60.8 Å². The van der Waals surface area contributed by atoms with Crippen LogP contribution in [0.2, 0.25) is 0 Å². The van der Waals surface area contributed by atoms with E-state index in [2.05, 4.69) is 16.1 Å². The molecule has 3 amide bonds. The Labute approximate surface area is 226 Å². The number of hydrogen-bond donors (Lipinski definition) is 1. The van der Waals surface area contributed by atoms with Crippen molar-refractivity contribution in [2.45, 2.75) is 69.5 Å². The van der Waals surface area contributed by atoms with Gasteiger partial charge in [-0.3, -0.25) is 9.59 Å². The molecule has 7 nitrogen and oxygen atoms in total. The van der Waals surface area contributed by atoms with Crippen LogP contribution >= 0.6 is 0 Å². The van der Waals surface area contributed by atoms with Crippen LogP contribution in [0.5, 0.6) is 0 Å². The van der Waals surface area contributed by atoms with Gasteiger partial charge in [0.25, 0.3) is 0 Å². The van der Waals surface area contributed by atoms with Crippen molar-refractivity contribution in [1.29, 1.82) is 0 Å². The van der Waals surface area contributed by atoms with Crippen LogP contribution in [0.3, 0.4) is 0 Å². The van der Waals surface area contributed by atoms with Crippen molar-refractivity contribution < 1.29 is 69.4 Å². The van der Waals surface area contributed by atoms with Crippen molar-refractivity contribution in [3.05, 3.63) is 33.0 Å². The molecule has 1 heterocycles. The number of urea groups is 1. The summed E-state index contributed by atoms with van der Waals surface area (Å²) in [5.41, 5.74) is 5.68. The maximum atomic E-state index is 12.7. The molecule has 162 valence electrons. The minimum atomic E-state index is -3.91. The van der Waals surface area contributed by atoms with E-state index in [4.69, 9.17) is 0 Å². The number of benzene rings is 1. The van der Waals surface area contributed by atoms with Crippen LogP contribution < -0.4 is 56.7 Å². The fraction of sp³-hybridized carbons (Fsp3) is 0.636. The predicted octanol–water partition coefficient (Wildman–Crippen LogP) is 0.304. The van der Waals surface area contributed by atoms with E-state index in [1.54, 1.807) is 4.90 Å². The van der Waals surface area contributed by atoms with E-state index in [0.717, 1.165) is 68.2 Å². The molecule has 1 saturated heterocycles. The fourth-order valence-corrected chi connectivity index (χ4v) is 6.48. The van der Waals surface area contributed by atoms with Gasteiger partial charge in [-0.25, -0.2) is 8.42 Å². The first-order valence-corrected chi connectivity index (χ1v) is 12.7. The van der Waals surface area contributed by atoms with Gasteiger partial charge in [-0.2, -0.15) is 0 Å². The standard InChI is InChI=1S/C22H29N3O4S.K/c26-21(14-7-8-14)25-11-9-17(10-12-25)30(28,29)24-22(27)23-20-18-5-1-3-15(18)13-16-4-2-6-19(16)20;/h13-14,17H,1-12H2,(H2,23,24,27);/q;+1/p-1. The summed E-state index contributed by atoms with van der Waals surface area (Å²) >= 11 is 0. The number of aryl methyl sites for hydroxylation is 2. The molecule has 4 aliphatic rings. The van der Waals surface area contributed by atoms with Crippen molar-refractivity contribution in [3.63, 3.8) is 0 Å². The molecule has 31 heavy (non-hydrogen) atoms. The van der Waals surface area contributed by atoms with Gasteiger partial charge in [-0.05, 0) is 92.1 Å². The zero-order valence-corrected chi connectivity index (χ0v) is 22.1. The van der Waals surface area contributed by atoms with Gasteiger partial charge in [0.1, 0.15) is 0 Å². The van der Waals surface area contributed by atoms with Crippen molar-refractivity contribution in [1.82, 2.24) is 4.90 Å². The maximum absolute atomic E-state index is 12.7. The van der Waals surface area contributed by atoms with Crippen LogP contribution in [0.25, 0.3) is 4.72 Å². The molecule has 0 atom stereocenters. The van der Waals surface area contributed by atoms with Crippen molar-refractivity contribution >= 4 is 27.6 Å². The summed E-state index contributed by atoms with van der Waals surface area (Å²) in [4.78, 5) is 26.6. The molecule has 0 spiro atoms. The third-order valence-electron chi connectivity index (χ3n) is 7.02. The molecule has 1 aliphatic heterocycles. The summed E-state index contributed by atoms with van der Waals surface area (Å²) in [6.07, 6.45) is 8.55. The van der Waals surface area contributed by atoms with Crippen LogP contribution in [0.4, 0.5) is 10.5 Å². The minimum absolute atomic E-state index is 0. The quantitative estimate of drug-likeness (QED) is 0.642. The number of anilines is 1. The van der Waals surface area contributed by atoms with Gasteiger partial charge >= 0.3 is 51.4 Å². The molecular weight excluding hydrogens is 441 g/mol. The second kappa shape index (κ2) is 9.42. The van der Waals surface area contributed by atoms with Crippen molar-refractivity contribution in [3.8, 4) is 0 Å². The molecule has 0 bridgehead atoms. The van der Waals surface area contributed by atoms with Crippen molar-refractivity contribution in [2.24, 2.45) is 5.92 Å². The average molecular weight is 470 g/mol. The molecule has 1 aromatic rings. The third kappa shape index (κ3) is 4.91. The monoisotopic (exact) mass is 469 g/mol. The Hall–Kier alpha value is -0.454. The van der Waals surface area contributed by atoms with Gasteiger partial charge < -0.3 is 14.9 Å². The molecule has 2 fully saturated rings. The zero-order valence-electron chi connectivity index (χ0n) is 18.2. The number of rotatable bonds is 4. The van der Waals surface area contributed by atoms with Crippen LogP contribution in [0, 0.1) is 5.92 Å². The Kier molecular flexibility index (Phi) is 7.20. The first-order valence-electron chi connectivity index (χ1n) is 11.2. The molecule has 3 aliphatic carbocycles. The topological polar surface area (TPSA) is 97.7 Å². The van der Waals surface area contributed by atoms with E-state index >= 15 is 0 Å². The number of carbonyl (C=O) groups is 2. The summed E-state index contributed by atoms with van der Waals surface area (Å²) < 4.78 is 29.1. The van der Waals surface area contributed by atoms with E-state index < -0.39 is 21.3 Å². The molecule has 9 heteroatoms. The summed E-state index contributed by atoms with van der Waals surface area (Å²) in [6, 6.07) is 1.48. The van der Waals surface area contributed by atoms with Crippen LogP contribution in [-0.2, 0) is 40.5 Å². The number of piperidine rings is 1. The van der Waals surface area contributed by atoms with E-state index in [1.807, 2.05) is 0 Å². The summed E-state index contributed by atoms with van der Waals surface area (Å²) in [6.45, 7) is 0.853. The number of hydrogen-bond acceptors (Lipinski definition) is 4. The Morgan fingerprint density at radius 1 is 0.935 bits per heavy atom. The van der Waals surface area contributed by atoms with E-state index in [9.17, 15) is 18.0 Å². The molecule has 5 rings (SSSR count). The summed E-state index contributed by atoms with van der Waals surface area (Å²) in [5.74, 6) is 0.287. The van der Waals surface area contributed by atoms with E-state index in [1.165, 1.54) is 11.1 Å². The average Bonchev–Trinajstić information content (AvgIpc) is 3.27. The number of likely N-dealkylation sites (tertiary alicyclic amines) is 1. The number of amides is 3. The van der Waals surface area contributed by atoms with Gasteiger partial charge in [0.2, 0.25) is 5.91 Å². The van der Waals surface area contributed by atoms with Crippen LogP contribution in [0.15, 0.2) is 6.07 Å². The number of fused-ring (bicyclic) bond motifs is 2.